The second-order valence-electron chi connectivity index (χ2n) is 6.13. The molecule has 0 spiro atoms. The van der Waals surface area contributed by atoms with Crippen molar-refractivity contribution in [2.75, 3.05) is 18.0 Å². The first-order valence-corrected chi connectivity index (χ1v) is 7.49. The van der Waals surface area contributed by atoms with E-state index in [0.29, 0.717) is 18.0 Å². The topological polar surface area (TPSA) is 28.2 Å². The van der Waals surface area contributed by atoms with Gasteiger partial charge in [0.2, 0.25) is 0 Å². The van der Waals surface area contributed by atoms with Crippen LogP contribution in [0.25, 0.3) is 10.8 Å². The van der Waals surface area contributed by atoms with Crippen LogP contribution in [0.5, 0.6) is 0 Å². The number of hydrogen-bond donors (Lipinski definition) is 1. The van der Waals surface area contributed by atoms with Gasteiger partial charge in [-0.3, -0.25) is 4.98 Å². The Morgan fingerprint density at radius 1 is 1.30 bits per heavy atom. The molecule has 0 saturated carbocycles. The summed E-state index contributed by atoms with van der Waals surface area (Å²) in [6.45, 7) is 8.97. The summed E-state index contributed by atoms with van der Waals surface area (Å²) in [7, 11) is 0. The van der Waals surface area contributed by atoms with Crippen LogP contribution in [0.3, 0.4) is 0 Å². The molecule has 2 aromatic rings. The van der Waals surface area contributed by atoms with Gasteiger partial charge in [-0.25, -0.2) is 0 Å². The third-order valence-corrected chi connectivity index (χ3v) is 4.38. The number of piperazine rings is 1. The number of benzene rings is 1. The summed E-state index contributed by atoms with van der Waals surface area (Å²) in [5.41, 5.74) is 1.32. The second-order valence-corrected chi connectivity index (χ2v) is 6.13. The van der Waals surface area contributed by atoms with Crippen molar-refractivity contribution in [1.29, 1.82) is 0 Å². The lowest BCUT2D eigenvalue weighted by Crippen LogP contribution is -2.57. The fourth-order valence-corrected chi connectivity index (χ4v) is 3.02. The fourth-order valence-electron chi connectivity index (χ4n) is 3.02. The van der Waals surface area contributed by atoms with Crippen LogP contribution >= 0.6 is 0 Å². The monoisotopic (exact) mass is 269 g/mol. The van der Waals surface area contributed by atoms with Crippen molar-refractivity contribution >= 4 is 16.5 Å². The summed E-state index contributed by atoms with van der Waals surface area (Å²) in [4.78, 5) is 6.84. The van der Waals surface area contributed by atoms with Gasteiger partial charge in [0.1, 0.15) is 0 Å². The number of rotatable bonds is 2. The normalized spacial score (nSPS) is 23.5. The predicted octanol–water partition coefficient (Wildman–Crippen LogP) is 3.06. The zero-order chi connectivity index (χ0) is 14.1. The van der Waals surface area contributed by atoms with Crippen molar-refractivity contribution in [3.05, 3.63) is 36.7 Å². The lowest BCUT2D eigenvalue weighted by molar-refractivity contribution is 0.337. The third-order valence-electron chi connectivity index (χ3n) is 4.38. The third kappa shape index (κ3) is 2.38. The second kappa shape index (κ2) is 5.41. The Bertz CT molecular complexity index is 588. The first-order valence-electron chi connectivity index (χ1n) is 7.49. The van der Waals surface area contributed by atoms with Crippen LogP contribution in [0, 0.1) is 5.92 Å². The molecule has 2 heterocycles. The van der Waals surface area contributed by atoms with Crippen LogP contribution in [0.2, 0.25) is 0 Å². The number of anilines is 1. The van der Waals surface area contributed by atoms with Gasteiger partial charge >= 0.3 is 0 Å². The van der Waals surface area contributed by atoms with Gasteiger partial charge in [-0.15, -0.1) is 0 Å². The molecule has 1 N–H and O–H groups in total. The molecule has 3 heteroatoms. The fraction of sp³-hybridized carbons (Fsp3) is 0.471. The van der Waals surface area contributed by atoms with Gasteiger partial charge in [-0.05, 0) is 30.4 Å². The summed E-state index contributed by atoms with van der Waals surface area (Å²) in [6.07, 6.45) is 3.86. The summed E-state index contributed by atoms with van der Waals surface area (Å²) < 4.78 is 0. The molecule has 2 unspecified atom stereocenters. The van der Waals surface area contributed by atoms with Crippen LogP contribution in [-0.2, 0) is 0 Å². The maximum atomic E-state index is 4.31. The van der Waals surface area contributed by atoms with Crippen molar-refractivity contribution in [3.8, 4) is 0 Å². The number of hydrogen-bond acceptors (Lipinski definition) is 3. The molecule has 1 saturated heterocycles. The van der Waals surface area contributed by atoms with E-state index < -0.39 is 0 Å². The Hall–Kier alpha value is -1.61. The van der Waals surface area contributed by atoms with E-state index >= 15 is 0 Å². The highest BCUT2D eigenvalue weighted by molar-refractivity contribution is 5.93. The van der Waals surface area contributed by atoms with E-state index in [1.54, 1.807) is 0 Å². The molecule has 1 fully saturated rings. The first-order chi connectivity index (χ1) is 9.66. The van der Waals surface area contributed by atoms with E-state index in [1.807, 2.05) is 12.4 Å². The maximum Gasteiger partial charge on any atom is 0.0464 e. The molecule has 1 aromatic heterocycles. The van der Waals surface area contributed by atoms with E-state index in [4.69, 9.17) is 0 Å². The van der Waals surface area contributed by atoms with Crippen molar-refractivity contribution in [1.82, 2.24) is 10.3 Å². The highest BCUT2D eigenvalue weighted by atomic mass is 15.2. The molecule has 0 amide bonds. The van der Waals surface area contributed by atoms with E-state index in [9.17, 15) is 0 Å². The summed E-state index contributed by atoms with van der Waals surface area (Å²) in [6, 6.07) is 9.69. The highest BCUT2D eigenvalue weighted by Gasteiger charge is 2.27. The molecular formula is C17H23N3. The van der Waals surface area contributed by atoms with Crippen molar-refractivity contribution in [2.45, 2.75) is 32.9 Å². The molecule has 3 rings (SSSR count). The molecule has 1 aromatic carbocycles. The molecule has 106 valence electrons. The van der Waals surface area contributed by atoms with Crippen molar-refractivity contribution < 1.29 is 0 Å². The summed E-state index contributed by atoms with van der Waals surface area (Å²) in [5.74, 6) is 0.651. The van der Waals surface area contributed by atoms with Gasteiger partial charge in [0.15, 0.2) is 0 Å². The number of fused-ring (bicyclic) bond motifs is 1. The van der Waals surface area contributed by atoms with Crippen LogP contribution in [0.1, 0.15) is 20.8 Å². The van der Waals surface area contributed by atoms with Gasteiger partial charge in [0, 0.05) is 48.6 Å². The van der Waals surface area contributed by atoms with Gasteiger partial charge in [0.25, 0.3) is 0 Å². The molecule has 0 radical (unpaired) electrons. The quantitative estimate of drug-likeness (QED) is 0.908. The van der Waals surface area contributed by atoms with Gasteiger partial charge < -0.3 is 10.2 Å². The number of aromatic nitrogens is 1. The average molecular weight is 269 g/mol. The molecule has 0 bridgehead atoms. The minimum atomic E-state index is 0.510. The smallest absolute Gasteiger partial charge is 0.0464 e. The molecule has 3 nitrogen and oxygen atoms in total. The standard InChI is InChI=1S/C17H23N3/c1-12(2)16-11-20(13(3)9-19-16)17-6-4-5-14-7-8-18-10-15(14)17/h4-8,10,12-13,16,19H,9,11H2,1-3H3. The van der Waals surface area contributed by atoms with E-state index in [2.05, 4.69) is 60.2 Å². The lowest BCUT2D eigenvalue weighted by atomic mass is 9.98. The summed E-state index contributed by atoms with van der Waals surface area (Å²) in [5, 5.41) is 6.18. The van der Waals surface area contributed by atoms with Crippen molar-refractivity contribution in [3.63, 3.8) is 0 Å². The molecule has 1 aliphatic rings. The average Bonchev–Trinajstić information content (AvgIpc) is 2.47. The minimum absolute atomic E-state index is 0.510. The van der Waals surface area contributed by atoms with Crippen LogP contribution < -0.4 is 10.2 Å². The molecular weight excluding hydrogens is 246 g/mol. The van der Waals surface area contributed by atoms with Gasteiger partial charge in [-0.2, -0.15) is 0 Å². The van der Waals surface area contributed by atoms with Gasteiger partial charge in [0.05, 0.1) is 0 Å². The summed E-state index contributed by atoms with van der Waals surface area (Å²) >= 11 is 0. The van der Waals surface area contributed by atoms with Crippen LogP contribution in [0.4, 0.5) is 5.69 Å². The Morgan fingerprint density at radius 2 is 2.15 bits per heavy atom. The number of nitrogens with zero attached hydrogens (tertiary/aromatic N) is 2. The molecule has 1 aliphatic heterocycles. The first kappa shape index (κ1) is 13.4. The van der Waals surface area contributed by atoms with Gasteiger partial charge in [-0.1, -0.05) is 26.0 Å². The zero-order valence-corrected chi connectivity index (χ0v) is 12.5. The molecule has 2 atom stereocenters. The minimum Gasteiger partial charge on any atom is -0.365 e. The number of nitrogens with one attached hydrogen (secondary N) is 1. The molecule has 0 aliphatic carbocycles. The maximum absolute atomic E-state index is 4.31. The van der Waals surface area contributed by atoms with E-state index in [0.717, 1.165) is 13.1 Å². The number of pyridine rings is 1. The Morgan fingerprint density at radius 3 is 2.95 bits per heavy atom. The van der Waals surface area contributed by atoms with Crippen LogP contribution in [-0.4, -0.2) is 30.2 Å². The molecule has 20 heavy (non-hydrogen) atoms. The SMILES string of the molecule is CC(C)C1CN(c2cccc3ccncc23)C(C)CN1. The van der Waals surface area contributed by atoms with E-state index in [1.165, 1.54) is 16.5 Å². The van der Waals surface area contributed by atoms with Crippen LogP contribution in [0.15, 0.2) is 36.7 Å². The Balaban J connectivity index is 2.00. The van der Waals surface area contributed by atoms with Crippen molar-refractivity contribution in [2.24, 2.45) is 5.92 Å². The predicted molar refractivity (Wildman–Crippen MR) is 85.2 cm³/mol. The zero-order valence-electron chi connectivity index (χ0n) is 12.5. The Kier molecular flexibility index (Phi) is 3.62. The van der Waals surface area contributed by atoms with E-state index in [-0.39, 0.29) is 0 Å². The lowest BCUT2D eigenvalue weighted by Gasteiger charge is -2.42. The Labute approximate surface area is 121 Å². The highest BCUT2D eigenvalue weighted by Crippen LogP contribution is 2.29. The largest absolute Gasteiger partial charge is 0.365 e.